The molecule has 0 spiro atoms. The lowest BCUT2D eigenvalue weighted by Crippen LogP contribution is -2.70. The van der Waals surface area contributed by atoms with Gasteiger partial charge in [0, 0.05) is 30.1 Å². The topological polar surface area (TPSA) is 107 Å². The van der Waals surface area contributed by atoms with Crippen molar-refractivity contribution in [3.63, 3.8) is 0 Å². The van der Waals surface area contributed by atoms with Crippen LogP contribution in [0.25, 0.3) is 0 Å². The van der Waals surface area contributed by atoms with E-state index in [4.69, 9.17) is 9.47 Å². The maximum atomic E-state index is 17.2. The third kappa shape index (κ3) is 3.52. The number of aliphatic hydroxyl groups is 1. The quantitative estimate of drug-likeness (QED) is 0.547. The summed E-state index contributed by atoms with van der Waals surface area (Å²) in [5, 5.41) is 11.4. The third-order valence-corrected chi connectivity index (χ3v) is 9.35. The van der Waals surface area contributed by atoms with Crippen molar-refractivity contribution < 1.29 is 42.5 Å². The van der Waals surface area contributed by atoms with Crippen molar-refractivity contribution >= 4 is 23.5 Å². The number of ketones is 2. The maximum Gasteiger partial charge on any atom is 0.306 e. The van der Waals surface area contributed by atoms with Crippen LogP contribution < -0.4 is 0 Å². The van der Waals surface area contributed by atoms with Gasteiger partial charge in [-0.3, -0.25) is 19.2 Å². The van der Waals surface area contributed by atoms with Gasteiger partial charge in [0.25, 0.3) is 0 Å². The number of fused-ring (bicyclic) bond motifs is 5. The molecule has 4 rings (SSSR count). The summed E-state index contributed by atoms with van der Waals surface area (Å²) in [7, 11) is 0. The molecular weight excluding hydrogens is 474 g/mol. The molecule has 0 amide bonds. The zero-order valence-corrected chi connectivity index (χ0v) is 21.1. The van der Waals surface area contributed by atoms with Crippen LogP contribution in [0.3, 0.4) is 0 Å². The lowest BCUT2D eigenvalue weighted by molar-refractivity contribution is -0.229. The van der Waals surface area contributed by atoms with Crippen molar-refractivity contribution in [3.05, 3.63) is 23.8 Å². The van der Waals surface area contributed by atoms with Gasteiger partial charge in [0.05, 0.1) is 6.10 Å². The zero-order chi connectivity index (χ0) is 26.7. The fourth-order valence-corrected chi connectivity index (χ4v) is 7.61. The van der Waals surface area contributed by atoms with Gasteiger partial charge in [0.1, 0.15) is 6.17 Å². The van der Waals surface area contributed by atoms with E-state index in [1.807, 2.05) is 0 Å². The van der Waals surface area contributed by atoms with Crippen LogP contribution in [-0.4, -0.2) is 58.8 Å². The SMILES string of the molecule is CCCC(=O)O[C@]1(C(=O)COC(C)=O)CCC2C3C[C@H](F)C4=CC(=O)C=C[C@]4(C)[C@@]3(F)[C@@H](O)C[C@@]21C. The lowest BCUT2D eigenvalue weighted by Gasteiger charge is -2.63. The highest BCUT2D eigenvalue weighted by molar-refractivity contribution is 6.01. The highest BCUT2D eigenvalue weighted by Gasteiger charge is 2.76. The van der Waals surface area contributed by atoms with Gasteiger partial charge >= 0.3 is 11.9 Å². The van der Waals surface area contributed by atoms with E-state index in [0.717, 1.165) is 13.0 Å². The molecular formula is C27H34F2O7. The molecule has 8 atom stereocenters. The Balaban J connectivity index is 1.80. The second-order valence-corrected chi connectivity index (χ2v) is 11.2. The predicted octanol–water partition coefficient (Wildman–Crippen LogP) is 3.52. The van der Waals surface area contributed by atoms with Crippen molar-refractivity contribution in [2.45, 2.75) is 89.8 Å². The first-order chi connectivity index (χ1) is 16.8. The van der Waals surface area contributed by atoms with E-state index in [9.17, 15) is 24.3 Å². The minimum absolute atomic E-state index is 0.0148. The average Bonchev–Trinajstić information content (AvgIpc) is 3.08. The molecule has 0 radical (unpaired) electrons. The minimum atomic E-state index is -2.30. The molecule has 4 aliphatic rings. The Morgan fingerprint density at radius 1 is 1.22 bits per heavy atom. The summed E-state index contributed by atoms with van der Waals surface area (Å²) in [6.45, 7) is 5.50. The molecule has 1 N–H and O–H groups in total. The molecule has 4 aliphatic carbocycles. The van der Waals surface area contributed by atoms with Gasteiger partial charge in [-0.05, 0) is 62.7 Å². The number of ether oxygens (including phenoxy) is 2. The number of carbonyl (C=O) groups excluding carboxylic acids is 4. The smallest absolute Gasteiger partial charge is 0.306 e. The lowest BCUT2D eigenvalue weighted by atomic mass is 9.44. The van der Waals surface area contributed by atoms with E-state index in [1.165, 1.54) is 19.1 Å². The number of allylic oxidation sites excluding steroid dienone is 4. The van der Waals surface area contributed by atoms with E-state index in [0.29, 0.717) is 6.42 Å². The number of halogens is 2. The first kappa shape index (κ1) is 26.6. The van der Waals surface area contributed by atoms with Crippen LogP contribution in [0.15, 0.2) is 23.8 Å². The van der Waals surface area contributed by atoms with Crippen LogP contribution in [0.4, 0.5) is 8.78 Å². The van der Waals surface area contributed by atoms with E-state index in [2.05, 4.69) is 0 Å². The summed E-state index contributed by atoms with van der Waals surface area (Å²) in [6.07, 6.45) is 0.783. The Morgan fingerprint density at radius 3 is 2.56 bits per heavy atom. The van der Waals surface area contributed by atoms with Gasteiger partial charge < -0.3 is 14.6 Å². The Bertz CT molecular complexity index is 1050. The molecule has 198 valence electrons. The van der Waals surface area contributed by atoms with Crippen molar-refractivity contribution in [2.75, 3.05) is 6.61 Å². The molecule has 7 nitrogen and oxygen atoms in total. The van der Waals surface area contributed by atoms with E-state index in [1.54, 1.807) is 13.8 Å². The summed E-state index contributed by atoms with van der Waals surface area (Å²) in [6, 6.07) is 0. The molecule has 2 unspecified atom stereocenters. The maximum absolute atomic E-state index is 17.2. The average molecular weight is 509 g/mol. The molecule has 0 aromatic rings. The molecule has 0 aromatic carbocycles. The normalized spacial score (nSPS) is 43.1. The largest absolute Gasteiger partial charge is 0.458 e. The van der Waals surface area contributed by atoms with Crippen molar-refractivity contribution in [2.24, 2.45) is 22.7 Å². The Kier molecular flexibility index (Phi) is 6.55. The van der Waals surface area contributed by atoms with Crippen LogP contribution >= 0.6 is 0 Å². The Labute approximate surface area is 209 Å². The zero-order valence-electron chi connectivity index (χ0n) is 21.1. The number of hydrogen-bond donors (Lipinski definition) is 1. The molecule has 9 heteroatoms. The summed E-state index contributed by atoms with van der Waals surface area (Å²) >= 11 is 0. The number of Topliss-reactive ketones (excluding diaryl/α,β-unsaturated/α-hetero) is 1. The monoisotopic (exact) mass is 508 g/mol. The second-order valence-electron chi connectivity index (χ2n) is 11.2. The van der Waals surface area contributed by atoms with Crippen LogP contribution in [0.1, 0.15) is 66.2 Å². The van der Waals surface area contributed by atoms with E-state index >= 15 is 8.78 Å². The summed E-state index contributed by atoms with van der Waals surface area (Å²) in [5.41, 5.74) is -6.80. The molecule has 0 heterocycles. The molecule has 0 bridgehead atoms. The standard InChI is InChI=1S/C27H34F2O7/c1-5-6-23(34)36-26(22(33)14-35-15(2)30)10-8-17-18-12-20(28)19-11-16(31)7-9-24(19,3)27(18,29)21(32)13-25(17,26)4/h7,9,11,17-18,20-21,32H,5-6,8,10,12-14H2,1-4H3/t17?,18?,20-,21-,24-,25-,26-,27-/m0/s1. The highest BCUT2D eigenvalue weighted by atomic mass is 19.1. The van der Waals surface area contributed by atoms with Gasteiger partial charge in [-0.25, -0.2) is 8.78 Å². The fourth-order valence-electron chi connectivity index (χ4n) is 7.61. The van der Waals surface area contributed by atoms with Gasteiger partial charge in [0.15, 0.2) is 23.7 Å². The van der Waals surface area contributed by atoms with Gasteiger partial charge in [-0.1, -0.05) is 19.9 Å². The van der Waals surface area contributed by atoms with Crippen LogP contribution in [0, 0.1) is 22.7 Å². The minimum Gasteiger partial charge on any atom is -0.458 e. The molecule has 0 aromatic heterocycles. The first-order valence-electron chi connectivity index (χ1n) is 12.6. The molecule has 0 saturated heterocycles. The number of carbonyl (C=O) groups is 4. The van der Waals surface area contributed by atoms with Crippen molar-refractivity contribution in [3.8, 4) is 0 Å². The number of hydrogen-bond acceptors (Lipinski definition) is 7. The summed E-state index contributed by atoms with van der Waals surface area (Å²) in [5.74, 6) is -3.96. The predicted molar refractivity (Wildman–Crippen MR) is 124 cm³/mol. The Hall–Kier alpha value is -2.42. The van der Waals surface area contributed by atoms with E-state index in [-0.39, 0.29) is 37.7 Å². The first-order valence-corrected chi connectivity index (χ1v) is 12.6. The van der Waals surface area contributed by atoms with Gasteiger partial charge in [-0.15, -0.1) is 0 Å². The second kappa shape index (κ2) is 8.85. The fraction of sp³-hybridized carbons (Fsp3) is 0.704. The van der Waals surface area contributed by atoms with E-state index < -0.39 is 76.3 Å². The Morgan fingerprint density at radius 2 is 1.92 bits per heavy atom. The van der Waals surface area contributed by atoms with Crippen LogP contribution in [0.2, 0.25) is 0 Å². The molecule has 3 fully saturated rings. The summed E-state index contributed by atoms with van der Waals surface area (Å²) in [4.78, 5) is 49.6. The van der Waals surface area contributed by atoms with Gasteiger partial charge in [-0.2, -0.15) is 0 Å². The number of esters is 2. The number of rotatable bonds is 6. The van der Waals surface area contributed by atoms with Gasteiger partial charge in [0.2, 0.25) is 5.78 Å². The van der Waals surface area contributed by atoms with Crippen molar-refractivity contribution in [1.82, 2.24) is 0 Å². The molecule has 0 aliphatic heterocycles. The molecule has 36 heavy (non-hydrogen) atoms. The number of alkyl halides is 2. The number of aliphatic hydroxyl groups excluding tert-OH is 1. The third-order valence-electron chi connectivity index (χ3n) is 9.35. The van der Waals surface area contributed by atoms with Crippen molar-refractivity contribution in [1.29, 1.82) is 0 Å². The summed E-state index contributed by atoms with van der Waals surface area (Å²) < 4.78 is 43.6. The molecule has 3 saturated carbocycles. The van der Waals surface area contributed by atoms with Crippen LogP contribution in [0.5, 0.6) is 0 Å². The van der Waals surface area contributed by atoms with Crippen LogP contribution in [-0.2, 0) is 28.7 Å². The highest BCUT2D eigenvalue weighted by Crippen LogP contribution is 2.70.